The maximum absolute atomic E-state index is 12.7. The Balaban J connectivity index is 2.39. The van der Waals surface area contributed by atoms with Crippen LogP contribution >= 0.6 is 15.9 Å². The summed E-state index contributed by atoms with van der Waals surface area (Å²) < 4.78 is 33.8. The Bertz CT molecular complexity index is 919. The van der Waals surface area contributed by atoms with Crippen molar-refractivity contribution in [3.63, 3.8) is 0 Å². The fourth-order valence-corrected chi connectivity index (χ4v) is 3.51. The molecule has 1 amide bonds. The predicted octanol–water partition coefficient (Wildman–Crippen LogP) is 2.62. The zero-order valence-corrected chi connectivity index (χ0v) is 15.6. The lowest BCUT2D eigenvalue weighted by Gasteiger charge is -2.13. The van der Waals surface area contributed by atoms with Crippen LogP contribution in [0, 0.1) is 12.3 Å². The van der Waals surface area contributed by atoms with Gasteiger partial charge in [0.05, 0.1) is 13.7 Å². The minimum absolute atomic E-state index is 0.0457. The van der Waals surface area contributed by atoms with Crippen LogP contribution < -0.4 is 14.8 Å². The van der Waals surface area contributed by atoms with E-state index in [-0.39, 0.29) is 22.8 Å². The molecule has 0 spiro atoms. The predicted molar refractivity (Wildman–Crippen MR) is 99.1 cm³/mol. The van der Waals surface area contributed by atoms with Crippen LogP contribution in [0.15, 0.2) is 51.8 Å². The van der Waals surface area contributed by atoms with Crippen LogP contribution in [0.4, 0.5) is 5.69 Å². The molecule has 0 saturated heterocycles. The Kier molecular flexibility index (Phi) is 6.07. The minimum atomic E-state index is -3.96. The molecule has 8 heteroatoms. The van der Waals surface area contributed by atoms with Crippen molar-refractivity contribution in [2.24, 2.45) is 0 Å². The van der Waals surface area contributed by atoms with E-state index in [0.717, 1.165) is 4.47 Å². The third kappa shape index (κ3) is 4.75. The van der Waals surface area contributed by atoms with Crippen molar-refractivity contribution in [1.29, 1.82) is 0 Å². The number of benzene rings is 2. The van der Waals surface area contributed by atoms with Crippen LogP contribution in [0.25, 0.3) is 0 Å². The normalized spacial score (nSPS) is 10.6. The number of methoxy groups -OCH3 is 1. The van der Waals surface area contributed by atoms with Crippen LogP contribution in [0.2, 0.25) is 0 Å². The number of ether oxygens (including phenoxy) is 1. The van der Waals surface area contributed by atoms with Gasteiger partial charge >= 0.3 is 0 Å². The molecule has 2 N–H and O–H groups in total. The quantitative estimate of drug-likeness (QED) is 0.700. The number of hydrogen-bond donors (Lipinski definition) is 2. The highest BCUT2D eigenvalue weighted by molar-refractivity contribution is 9.10. The van der Waals surface area contributed by atoms with E-state index in [0.29, 0.717) is 5.69 Å². The Morgan fingerprint density at radius 3 is 2.52 bits per heavy atom. The standard InChI is InChI=1S/C17H15BrN2O4S/c1-3-10-19-17(21)12-4-9-15(24-2)16(11-12)25(22,23)20-14-7-5-13(18)6-8-14/h1,4-9,11,20H,10H2,2H3,(H,19,21). The molecule has 0 heterocycles. The van der Waals surface area contributed by atoms with Crippen molar-refractivity contribution in [2.45, 2.75) is 4.90 Å². The fraction of sp³-hybridized carbons (Fsp3) is 0.118. The number of anilines is 1. The van der Waals surface area contributed by atoms with Gasteiger partial charge < -0.3 is 10.1 Å². The molecule has 6 nitrogen and oxygen atoms in total. The molecule has 2 rings (SSSR count). The van der Waals surface area contributed by atoms with Crippen LogP contribution in [0.3, 0.4) is 0 Å². The van der Waals surface area contributed by atoms with Gasteiger partial charge in [-0.2, -0.15) is 0 Å². The number of amides is 1. The molecule has 0 aliphatic rings. The Morgan fingerprint density at radius 2 is 1.92 bits per heavy atom. The van der Waals surface area contributed by atoms with Crippen molar-refractivity contribution >= 4 is 37.5 Å². The minimum Gasteiger partial charge on any atom is -0.495 e. The van der Waals surface area contributed by atoms with Gasteiger partial charge in [-0.1, -0.05) is 21.9 Å². The highest BCUT2D eigenvalue weighted by Gasteiger charge is 2.22. The monoisotopic (exact) mass is 422 g/mol. The lowest BCUT2D eigenvalue weighted by Crippen LogP contribution is -2.24. The smallest absolute Gasteiger partial charge is 0.265 e. The van der Waals surface area contributed by atoms with Crippen LogP contribution in [0.1, 0.15) is 10.4 Å². The van der Waals surface area contributed by atoms with Crippen LogP contribution in [-0.2, 0) is 10.0 Å². The first-order valence-corrected chi connectivity index (χ1v) is 9.33. The summed E-state index contributed by atoms with van der Waals surface area (Å²) in [6.07, 6.45) is 5.10. The molecular weight excluding hydrogens is 408 g/mol. The molecule has 0 aliphatic heterocycles. The zero-order valence-electron chi connectivity index (χ0n) is 13.2. The highest BCUT2D eigenvalue weighted by atomic mass is 79.9. The summed E-state index contributed by atoms with van der Waals surface area (Å²) in [4.78, 5) is 11.9. The summed E-state index contributed by atoms with van der Waals surface area (Å²) in [6, 6.07) is 10.8. The lowest BCUT2D eigenvalue weighted by molar-refractivity contribution is 0.0958. The number of carbonyl (C=O) groups excluding carboxylic acids is 1. The molecule has 0 fully saturated rings. The van der Waals surface area contributed by atoms with Crippen molar-refractivity contribution in [3.8, 4) is 18.1 Å². The molecule has 2 aromatic rings. The van der Waals surface area contributed by atoms with Gasteiger partial charge in [0.2, 0.25) is 0 Å². The van der Waals surface area contributed by atoms with Crippen LogP contribution in [-0.4, -0.2) is 28.0 Å². The number of sulfonamides is 1. The number of nitrogens with one attached hydrogen (secondary N) is 2. The van der Waals surface area contributed by atoms with E-state index >= 15 is 0 Å². The topological polar surface area (TPSA) is 84.5 Å². The molecule has 0 unspecified atom stereocenters. The summed E-state index contributed by atoms with van der Waals surface area (Å²) in [7, 11) is -2.60. The van der Waals surface area contributed by atoms with Gasteiger partial charge in [-0.15, -0.1) is 6.42 Å². The summed E-state index contributed by atoms with van der Waals surface area (Å²) >= 11 is 3.28. The molecule has 130 valence electrons. The second kappa shape index (κ2) is 8.05. The average molecular weight is 423 g/mol. The third-order valence-electron chi connectivity index (χ3n) is 3.16. The van der Waals surface area contributed by atoms with E-state index in [9.17, 15) is 13.2 Å². The molecule has 0 radical (unpaired) electrons. The largest absolute Gasteiger partial charge is 0.495 e. The molecule has 0 aromatic heterocycles. The molecule has 0 atom stereocenters. The highest BCUT2D eigenvalue weighted by Crippen LogP contribution is 2.27. The lowest BCUT2D eigenvalue weighted by atomic mass is 10.2. The van der Waals surface area contributed by atoms with E-state index in [1.807, 2.05) is 0 Å². The van der Waals surface area contributed by atoms with Crippen molar-refractivity contribution in [1.82, 2.24) is 5.32 Å². The molecule has 2 aromatic carbocycles. The zero-order chi connectivity index (χ0) is 18.4. The Morgan fingerprint density at radius 1 is 1.24 bits per heavy atom. The van der Waals surface area contributed by atoms with Gasteiger partial charge in [0.25, 0.3) is 15.9 Å². The van der Waals surface area contributed by atoms with Gasteiger partial charge in [-0.3, -0.25) is 9.52 Å². The van der Waals surface area contributed by atoms with Gasteiger partial charge in [0.15, 0.2) is 0 Å². The van der Waals surface area contributed by atoms with Crippen molar-refractivity contribution in [2.75, 3.05) is 18.4 Å². The first kappa shape index (κ1) is 18.8. The Labute approximate surface area is 154 Å². The molecule has 0 saturated carbocycles. The second-order valence-corrected chi connectivity index (χ2v) is 7.43. The number of rotatable bonds is 6. The molecule has 25 heavy (non-hydrogen) atoms. The SMILES string of the molecule is C#CCNC(=O)c1ccc(OC)c(S(=O)(=O)Nc2ccc(Br)cc2)c1. The number of carbonyl (C=O) groups is 1. The number of hydrogen-bond acceptors (Lipinski definition) is 4. The second-order valence-electron chi connectivity index (χ2n) is 4.86. The molecule has 0 aliphatic carbocycles. The van der Waals surface area contributed by atoms with Crippen molar-refractivity contribution < 1.29 is 17.9 Å². The molecular formula is C17H15BrN2O4S. The van der Waals surface area contributed by atoms with E-state index < -0.39 is 15.9 Å². The van der Waals surface area contributed by atoms with Crippen LogP contribution in [0.5, 0.6) is 5.75 Å². The average Bonchev–Trinajstić information content (AvgIpc) is 2.60. The van der Waals surface area contributed by atoms with E-state index in [1.165, 1.54) is 25.3 Å². The number of terminal acetylenes is 1. The van der Waals surface area contributed by atoms with Gasteiger partial charge in [0, 0.05) is 15.7 Å². The maximum atomic E-state index is 12.7. The van der Waals surface area contributed by atoms with E-state index in [4.69, 9.17) is 11.2 Å². The third-order valence-corrected chi connectivity index (χ3v) is 5.09. The van der Waals surface area contributed by atoms with Crippen molar-refractivity contribution in [3.05, 3.63) is 52.5 Å². The van der Waals surface area contributed by atoms with E-state index in [2.05, 4.69) is 31.9 Å². The van der Waals surface area contributed by atoms with Gasteiger partial charge in [0.1, 0.15) is 10.6 Å². The summed E-state index contributed by atoms with van der Waals surface area (Å²) in [5.74, 6) is 1.93. The first-order valence-electron chi connectivity index (χ1n) is 7.05. The number of halogens is 1. The Hall–Kier alpha value is -2.50. The first-order chi connectivity index (χ1) is 11.9. The summed E-state index contributed by atoms with van der Waals surface area (Å²) in [5, 5.41) is 2.48. The summed E-state index contributed by atoms with van der Waals surface area (Å²) in [6.45, 7) is 0.0457. The maximum Gasteiger partial charge on any atom is 0.265 e. The molecule has 0 bridgehead atoms. The summed E-state index contributed by atoms with van der Waals surface area (Å²) in [5.41, 5.74) is 0.541. The van der Waals surface area contributed by atoms with Gasteiger partial charge in [-0.05, 0) is 42.5 Å². The van der Waals surface area contributed by atoms with Gasteiger partial charge in [-0.25, -0.2) is 8.42 Å². The fourth-order valence-electron chi connectivity index (χ4n) is 1.99. The van der Waals surface area contributed by atoms with E-state index in [1.54, 1.807) is 24.3 Å².